The average Bonchev–Trinajstić information content (AvgIpc) is 2.33. The van der Waals surface area contributed by atoms with Crippen LogP contribution >= 0.6 is 0 Å². The summed E-state index contributed by atoms with van der Waals surface area (Å²) in [7, 11) is 0. The number of hydrogen-bond donors (Lipinski definition) is 1. The van der Waals surface area contributed by atoms with Gasteiger partial charge >= 0.3 is 0 Å². The maximum atomic E-state index is 5.96. The lowest BCUT2D eigenvalue weighted by atomic mass is 10.0. The molecule has 0 radical (unpaired) electrons. The third-order valence-corrected chi connectivity index (χ3v) is 2.42. The highest BCUT2D eigenvalue weighted by Gasteiger charge is 2.03. The van der Waals surface area contributed by atoms with Crippen LogP contribution in [0.5, 0.6) is 5.75 Å². The van der Waals surface area contributed by atoms with E-state index >= 15 is 0 Å². The van der Waals surface area contributed by atoms with Crippen LogP contribution in [-0.4, -0.2) is 6.61 Å². The number of benzene rings is 2. The van der Waals surface area contributed by atoms with Crippen LogP contribution in [0.15, 0.2) is 48.5 Å². The van der Waals surface area contributed by atoms with E-state index in [1.807, 2.05) is 55.5 Å². The topological polar surface area (TPSA) is 35.2 Å². The Labute approximate surface area is 95.7 Å². The van der Waals surface area contributed by atoms with Crippen molar-refractivity contribution in [2.24, 2.45) is 0 Å². The van der Waals surface area contributed by atoms with Gasteiger partial charge in [-0.1, -0.05) is 30.3 Å². The van der Waals surface area contributed by atoms with Crippen molar-refractivity contribution in [1.29, 1.82) is 0 Å². The fourth-order valence-corrected chi connectivity index (χ4v) is 1.66. The van der Waals surface area contributed by atoms with Crippen LogP contribution in [0.2, 0.25) is 0 Å². The molecule has 0 heterocycles. The largest absolute Gasteiger partial charge is 0.494 e. The normalized spacial score (nSPS) is 10.1. The molecule has 2 rings (SSSR count). The minimum Gasteiger partial charge on any atom is -0.494 e. The first-order valence-corrected chi connectivity index (χ1v) is 5.39. The fourth-order valence-electron chi connectivity index (χ4n) is 1.66. The number of nitrogen functional groups attached to an aromatic ring is 1. The molecule has 82 valence electrons. The molecule has 2 aromatic rings. The third kappa shape index (κ3) is 2.16. The maximum Gasteiger partial charge on any atom is 0.120 e. The molecule has 0 aliphatic carbocycles. The second-order valence-corrected chi connectivity index (χ2v) is 3.55. The van der Waals surface area contributed by atoms with Crippen molar-refractivity contribution in [3.8, 4) is 16.9 Å². The van der Waals surface area contributed by atoms with E-state index in [1.165, 1.54) is 0 Å². The van der Waals surface area contributed by atoms with Crippen molar-refractivity contribution in [2.45, 2.75) is 6.92 Å². The summed E-state index contributed by atoms with van der Waals surface area (Å²) in [6.45, 7) is 2.64. The Morgan fingerprint density at radius 1 is 1.06 bits per heavy atom. The highest BCUT2D eigenvalue weighted by Crippen LogP contribution is 2.29. The van der Waals surface area contributed by atoms with Gasteiger partial charge in [-0.3, -0.25) is 0 Å². The lowest BCUT2D eigenvalue weighted by Gasteiger charge is -2.09. The van der Waals surface area contributed by atoms with Crippen LogP contribution in [0.4, 0.5) is 5.69 Å². The van der Waals surface area contributed by atoms with Crippen molar-refractivity contribution < 1.29 is 4.74 Å². The molecule has 0 bridgehead atoms. The van der Waals surface area contributed by atoms with E-state index in [1.54, 1.807) is 0 Å². The van der Waals surface area contributed by atoms with Crippen molar-refractivity contribution >= 4 is 5.69 Å². The fraction of sp³-hybridized carbons (Fsp3) is 0.143. The number of anilines is 1. The lowest BCUT2D eigenvalue weighted by molar-refractivity contribution is 0.340. The molecule has 16 heavy (non-hydrogen) atoms. The van der Waals surface area contributed by atoms with Crippen LogP contribution in [0.3, 0.4) is 0 Å². The van der Waals surface area contributed by atoms with Crippen LogP contribution in [0, 0.1) is 0 Å². The molecule has 2 nitrogen and oxygen atoms in total. The zero-order valence-electron chi connectivity index (χ0n) is 9.31. The molecule has 0 atom stereocenters. The molecule has 0 aromatic heterocycles. The van der Waals surface area contributed by atoms with E-state index in [0.29, 0.717) is 6.61 Å². The van der Waals surface area contributed by atoms with Crippen molar-refractivity contribution in [1.82, 2.24) is 0 Å². The van der Waals surface area contributed by atoms with Crippen LogP contribution in [0.25, 0.3) is 11.1 Å². The second-order valence-electron chi connectivity index (χ2n) is 3.55. The van der Waals surface area contributed by atoms with Crippen LogP contribution in [-0.2, 0) is 0 Å². The van der Waals surface area contributed by atoms with Gasteiger partial charge in [0.05, 0.1) is 6.61 Å². The number of ether oxygens (including phenoxy) is 1. The predicted molar refractivity (Wildman–Crippen MR) is 67.5 cm³/mol. The van der Waals surface area contributed by atoms with Crippen molar-refractivity contribution in [3.05, 3.63) is 48.5 Å². The molecule has 0 spiro atoms. The second kappa shape index (κ2) is 4.71. The molecule has 0 saturated carbocycles. The summed E-state index contributed by atoms with van der Waals surface area (Å²) in [5.74, 6) is 0.857. The van der Waals surface area contributed by atoms with Gasteiger partial charge in [0.25, 0.3) is 0 Å². The summed E-state index contributed by atoms with van der Waals surface area (Å²) in [5, 5.41) is 0. The average molecular weight is 213 g/mol. The molecule has 0 saturated heterocycles. The lowest BCUT2D eigenvalue weighted by Crippen LogP contribution is -1.94. The van der Waals surface area contributed by atoms with Gasteiger partial charge in [0.1, 0.15) is 5.75 Å². The summed E-state index contributed by atoms with van der Waals surface area (Å²) < 4.78 is 5.47. The summed E-state index contributed by atoms with van der Waals surface area (Å²) in [6, 6.07) is 15.8. The quantitative estimate of drug-likeness (QED) is 0.794. The highest BCUT2D eigenvalue weighted by atomic mass is 16.5. The monoisotopic (exact) mass is 213 g/mol. The van der Waals surface area contributed by atoms with Gasteiger partial charge < -0.3 is 10.5 Å². The van der Waals surface area contributed by atoms with Gasteiger partial charge in [-0.15, -0.1) is 0 Å². The highest BCUT2D eigenvalue weighted by molar-refractivity contribution is 5.77. The first kappa shape index (κ1) is 10.6. The Balaban J connectivity index is 2.43. The molecule has 2 N–H and O–H groups in total. The van der Waals surface area contributed by atoms with Gasteiger partial charge in [-0.25, -0.2) is 0 Å². The molecule has 0 fully saturated rings. The summed E-state index contributed by atoms with van der Waals surface area (Å²) in [4.78, 5) is 0. The van der Waals surface area contributed by atoms with E-state index in [-0.39, 0.29) is 0 Å². The minimum atomic E-state index is 0.665. The number of nitrogens with two attached hydrogens (primary N) is 1. The SMILES string of the molecule is CCOc1ccc(N)c(-c2ccccc2)c1. The van der Waals surface area contributed by atoms with Gasteiger partial charge in [-0.05, 0) is 30.7 Å². The minimum absolute atomic E-state index is 0.665. The van der Waals surface area contributed by atoms with Gasteiger partial charge in [-0.2, -0.15) is 0 Å². The Morgan fingerprint density at radius 2 is 1.81 bits per heavy atom. The van der Waals surface area contributed by atoms with Crippen LogP contribution in [0.1, 0.15) is 6.92 Å². The molecule has 0 aliphatic rings. The zero-order valence-corrected chi connectivity index (χ0v) is 9.31. The Bertz CT molecular complexity index is 465. The molecule has 2 heteroatoms. The molecule has 2 aromatic carbocycles. The Hall–Kier alpha value is -1.96. The van der Waals surface area contributed by atoms with Crippen molar-refractivity contribution in [3.63, 3.8) is 0 Å². The zero-order chi connectivity index (χ0) is 11.4. The first-order chi connectivity index (χ1) is 7.81. The van der Waals surface area contributed by atoms with E-state index in [2.05, 4.69) is 0 Å². The van der Waals surface area contributed by atoms with E-state index < -0.39 is 0 Å². The van der Waals surface area contributed by atoms with Gasteiger partial charge in [0.15, 0.2) is 0 Å². The molecule has 0 amide bonds. The first-order valence-electron chi connectivity index (χ1n) is 5.39. The Kier molecular flexibility index (Phi) is 3.10. The van der Waals surface area contributed by atoms with Crippen LogP contribution < -0.4 is 10.5 Å². The summed E-state index contributed by atoms with van der Waals surface area (Å²) in [6.07, 6.45) is 0. The molecule has 0 unspecified atom stereocenters. The maximum absolute atomic E-state index is 5.96. The number of hydrogen-bond acceptors (Lipinski definition) is 2. The van der Waals surface area contributed by atoms with E-state index in [4.69, 9.17) is 10.5 Å². The van der Waals surface area contributed by atoms with E-state index in [9.17, 15) is 0 Å². The Morgan fingerprint density at radius 3 is 2.50 bits per heavy atom. The predicted octanol–water partition coefficient (Wildman–Crippen LogP) is 3.33. The summed E-state index contributed by atoms with van der Waals surface area (Å²) in [5.41, 5.74) is 8.87. The van der Waals surface area contributed by atoms with Crippen molar-refractivity contribution in [2.75, 3.05) is 12.3 Å². The smallest absolute Gasteiger partial charge is 0.120 e. The molecule has 0 aliphatic heterocycles. The standard InChI is InChI=1S/C14H15NO/c1-2-16-12-8-9-14(15)13(10-12)11-6-4-3-5-7-11/h3-10H,2,15H2,1H3. The van der Waals surface area contributed by atoms with Gasteiger partial charge in [0, 0.05) is 11.3 Å². The third-order valence-electron chi connectivity index (χ3n) is 2.42. The van der Waals surface area contributed by atoms with Gasteiger partial charge in [0.2, 0.25) is 0 Å². The van der Waals surface area contributed by atoms with E-state index in [0.717, 1.165) is 22.6 Å². The summed E-state index contributed by atoms with van der Waals surface area (Å²) >= 11 is 0. The molecular formula is C14H15NO. The number of rotatable bonds is 3. The molecular weight excluding hydrogens is 198 g/mol.